The lowest BCUT2D eigenvalue weighted by molar-refractivity contribution is -0.137. The summed E-state index contributed by atoms with van der Waals surface area (Å²) in [5, 5.41) is 8.48. The number of carboxylic acids is 1. The molecule has 0 aliphatic heterocycles. The van der Waals surface area contributed by atoms with Crippen LogP contribution in [0.4, 0.5) is 0 Å². The zero-order valence-electron chi connectivity index (χ0n) is 7.07. The summed E-state index contributed by atoms with van der Waals surface area (Å²) < 4.78 is 0. The molecule has 12 heavy (non-hydrogen) atoms. The zero-order chi connectivity index (χ0) is 8.81. The Kier molecular flexibility index (Phi) is 3.58. The fraction of sp³-hybridized carbons (Fsp3) is 0.500. The van der Waals surface area contributed by atoms with Gasteiger partial charge in [0.1, 0.15) is 0 Å². The summed E-state index contributed by atoms with van der Waals surface area (Å²) in [6, 6.07) is 0. The number of hydrogen-bond acceptors (Lipinski definition) is 1. The molecular weight excluding hydrogens is 152 g/mol. The summed E-state index contributed by atoms with van der Waals surface area (Å²) in [5.74, 6) is -0.164. The molecule has 0 aromatic carbocycles. The van der Waals surface area contributed by atoms with Gasteiger partial charge in [0.25, 0.3) is 0 Å². The van der Waals surface area contributed by atoms with Crippen LogP contribution in [0.1, 0.15) is 25.7 Å². The van der Waals surface area contributed by atoms with Crippen LogP contribution in [0.25, 0.3) is 0 Å². The molecular formula is C10H14O2. The van der Waals surface area contributed by atoms with E-state index in [-0.39, 0.29) is 0 Å². The van der Waals surface area contributed by atoms with Gasteiger partial charge in [-0.3, -0.25) is 4.79 Å². The fourth-order valence-electron chi connectivity index (χ4n) is 1.36. The summed E-state index contributed by atoms with van der Waals surface area (Å²) in [4.78, 5) is 10.3. The van der Waals surface area contributed by atoms with Crippen LogP contribution >= 0.6 is 0 Å². The molecule has 0 bridgehead atoms. The van der Waals surface area contributed by atoms with E-state index in [1.807, 2.05) is 12.2 Å². The van der Waals surface area contributed by atoms with E-state index < -0.39 is 5.97 Å². The molecule has 0 atom stereocenters. The Balaban J connectivity index is 2.27. The Morgan fingerprint density at radius 1 is 1.33 bits per heavy atom. The summed E-state index contributed by atoms with van der Waals surface area (Å²) in [6.45, 7) is 0. The predicted octanol–water partition coefficient (Wildman–Crippen LogP) is 2.37. The first kappa shape index (κ1) is 9.04. The maximum Gasteiger partial charge on any atom is 0.303 e. The molecule has 2 heteroatoms. The van der Waals surface area contributed by atoms with Gasteiger partial charge >= 0.3 is 5.97 Å². The van der Waals surface area contributed by atoms with Gasteiger partial charge < -0.3 is 5.11 Å². The molecule has 66 valence electrons. The molecule has 1 rings (SSSR count). The van der Waals surface area contributed by atoms with Gasteiger partial charge in [-0.1, -0.05) is 24.3 Å². The average Bonchev–Trinajstić information content (AvgIpc) is 2.28. The molecule has 0 aromatic rings. The van der Waals surface area contributed by atoms with E-state index in [0.717, 1.165) is 19.3 Å². The van der Waals surface area contributed by atoms with Gasteiger partial charge in [-0.05, 0) is 25.2 Å². The maximum absolute atomic E-state index is 10.3. The SMILES string of the molecule is O=C(O)CCC1CC=CC=CC1. The van der Waals surface area contributed by atoms with Crippen LogP contribution in [0.5, 0.6) is 0 Å². The van der Waals surface area contributed by atoms with Crippen molar-refractivity contribution in [3.8, 4) is 0 Å². The van der Waals surface area contributed by atoms with Gasteiger partial charge in [-0.25, -0.2) is 0 Å². The normalized spacial score (nSPS) is 17.7. The Hall–Kier alpha value is -1.05. The average molecular weight is 166 g/mol. The molecule has 0 fully saturated rings. The van der Waals surface area contributed by atoms with E-state index >= 15 is 0 Å². The van der Waals surface area contributed by atoms with Gasteiger partial charge in [0.05, 0.1) is 0 Å². The number of carboxylic acid groups (broad SMARTS) is 1. The van der Waals surface area contributed by atoms with Gasteiger partial charge in [0.15, 0.2) is 0 Å². The van der Waals surface area contributed by atoms with Crippen molar-refractivity contribution in [1.29, 1.82) is 0 Å². The first-order chi connectivity index (χ1) is 5.79. The van der Waals surface area contributed by atoms with Gasteiger partial charge in [-0.2, -0.15) is 0 Å². The second kappa shape index (κ2) is 4.75. The second-order valence-electron chi connectivity index (χ2n) is 3.13. The zero-order valence-corrected chi connectivity index (χ0v) is 7.07. The highest BCUT2D eigenvalue weighted by Gasteiger charge is 2.08. The van der Waals surface area contributed by atoms with Crippen molar-refractivity contribution in [2.75, 3.05) is 0 Å². The fourth-order valence-corrected chi connectivity index (χ4v) is 1.36. The van der Waals surface area contributed by atoms with Crippen molar-refractivity contribution >= 4 is 5.97 Å². The van der Waals surface area contributed by atoms with Crippen LogP contribution in [-0.2, 0) is 4.79 Å². The molecule has 0 saturated heterocycles. The molecule has 0 unspecified atom stereocenters. The highest BCUT2D eigenvalue weighted by molar-refractivity contribution is 5.66. The largest absolute Gasteiger partial charge is 0.481 e. The molecule has 1 aliphatic carbocycles. The maximum atomic E-state index is 10.3. The minimum Gasteiger partial charge on any atom is -0.481 e. The van der Waals surface area contributed by atoms with Crippen LogP contribution in [0, 0.1) is 5.92 Å². The van der Waals surface area contributed by atoms with Crippen molar-refractivity contribution < 1.29 is 9.90 Å². The third-order valence-electron chi connectivity index (χ3n) is 2.09. The standard InChI is InChI=1S/C10H14O2/c11-10(12)8-7-9-5-3-1-2-4-6-9/h1-4,9H,5-8H2,(H,11,12). The van der Waals surface area contributed by atoms with Crippen LogP contribution in [0.3, 0.4) is 0 Å². The summed E-state index contributed by atoms with van der Waals surface area (Å²) in [6.07, 6.45) is 11.4. The molecule has 0 radical (unpaired) electrons. The van der Waals surface area contributed by atoms with E-state index in [1.165, 1.54) is 0 Å². The minimum absolute atomic E-state index is 0.298. The lowest BCUT2D eigenvalue weighted by atomic mass is 9.97. The highest BCUT2D eigenvalue weighted by Crippen LogP contribution is 2.18. The van der Waals surface area contributed by atoms with Crippen molar-refractivity contribution in [1.82, 2.24) is 0 Å². The molecule has 0 spiro atoms. The van der Waals surface area contributed by atoms with Crippen LogP contribution < -0.4 is 0 Å². The predicted molar refractivity (Wildman–Crippen MR) is 47.9 cm³/mol. The number of hydrogen-bond donors (Lipinski definition) is 1. The van der Waals surface area contributed by atoms with E-state index in [2.05, 4.69) is 12.2 Å². The highest BCUT2D eigenvalue weighted by atomic mass is 16.4. The molecule has 1 aliphatic rings. The van der Waals surface area contributed by atoms with Crippen LogP contribution in [0.2, 0.25) is 0 Å². The molecule has 0 amide bonds. The summed E-state index contributed by atoms with van der Waals surface area (Å²) in [7, 11) is 0. The van der Waals surface area contributed by atoms with Gasteiger partial charge in [0, 0.05) is 6.42 Å². The molecule has 2 nitrogen and oxygen atoms in total. The minimum atomic E-state index is -0.688. The third kappa shape index (κ3) is 3.37. The van der Waals surface area contributed by atoms with E-state index in [0.29, 0.717) is 12.3 Å². The number of rotatable bonds is 3. The first-order valence-electron chi connectivity index (χ1n) is 4.32. The Morgan fingerprint density at radius 3 is 2.42 bits per heavy atom. The summed E-state index contributed by atoms with van der Waals surface area (Å²) in [5.41, 5.74) is 0. The Bertz CT molecular complexity index is 190. The number of aliphatic carboxylic acids is 1. The molecule has 1 N–H and O–H groups in total. The van der Waals surface area contributed by atoms with Gasteiger partial charge in [0.2, 0.25) is 0 Å². The number of allylic oxidation sites excluding steroid dienone is 4. The van der Waals surface area contributed by atoms with E-state index in [4.69, 9.17) is 5.11 Å². The third-order valence-corrected chi connectivity index (χ3v) is 2.09. The van der Waals surface area contributed by atoms with Crippen molar-refractivity contribution in [3.05, 3.63) is 24.3 Å². The quantitative estimate of drug-likeness (QED) is 0.698. The lowest BCUT2D eigenvalue weighted by Crippen LogP contribution is -2.02. The van der Waals surface area contributed by atoms with Crippen LogP contribution in [0.15, 0.2) is 24.3 Å². The molecule has 0 aromatic heterocycles. The molecule has 0 heterocycles. The van der Waals surface area contributed by atoms with Gasteiger partial charge in [-0.15, -0.1) is 0 Å². The van der Waals surface area contributed by atoms with Crippen molar-refractivity contribution in [3.63, 3.8) is 0 Å². The monoisotopic (exact) mass is 166 g/mol. The molecule has 0 saturated carbocycles. The second-order valence-corrected chi connectivity index (χ2v) is 3.13. The Labute approximate surface area is 72.6 Å². The van der Waals surface area contributed by atoms with E-state index in [1.54, 1.807) is 0 Å². The van der Waals surface area contributed by atoms with E-state index in [9.17, 15) is 4.79 Å². The smallest absolute Gasteiger partial charge is 0.303 e. The number of carbonyl (C=O) groups is 1. The van der Waals surface area contributed by atoms with Crippen molar-refractivity contribution in [2.24, 2.45) is 5.92 Å². The topological polar surface area (TPSA) is 37.3 Å². The lowest BCUT2D eigenvalue weighted by Gasteiger charge is -2.09. The first-order valence-corrected chi connectivity index (χ1v) is 4.32. The summed E-state index contributed by atoms with van der Waals surface area (Å²) >= 11 is 0. The Morgan fingerprint density at radius 2 is 1.92 bits per heavy atom. The van der Waals surface area contributed by atoms with Crippen LogP contribution in [-0.4, -0.2) is 11.1 Å². The van der Waals surface area contributed by atoms with Crippen molar-refractivity contribution in [2.45, 2.75) is 25.7 Å².